The molecule has 3 aromatic heterocycles. The van der Waals surface area contributed by atoms with Crippen LogP contribution in [-0.4, -0.2) is 13.9 Å². The maximum absolute atomic E-state index is 2.40. The third kappa shape index (κ3) is 3.41. The summed E-state index contributed by atoms with van der Waals surface area (Å²) in [6.07, 6.45) is 0. The van der Waals surface area contributed by atoms with Gasteiger partial charge in [-0.15, -0.1) is 0 Å². The lowest BCUT2D eigenvalue weighted by Gasteiger charge is -2.13. The van der Waals surface area contributed by atoms with E-state index in [0.717, 1.165) is 0 Å². The van der Waals surface area contributed by atoms with Gasteiger partial charge in [-0.05, 0) is 71.8 Å². The molecule has 210 valence electrons. The van der Waals surface area contributed by atoms with Crippen molar-refractivity contribution in [1.82, 2.24) is 13.9 Å². The van der Waals surface area contributed by atoms with Gasteiger partial charge in [0.05, 0.1) is 33.1 Å². The van der Waals surface area contributed by atoms with Crippen LogP contribution in [0.3, 0.4) is 0 Å². The molecule has 45 heavy (non-hydrogen) atoms. The quantitative estimate of drug-likeness (QED) is 0.200. The molecule has 0 spiro atoms. The zero-order valence-corrected chi connectivity index (χ0v) is 24.4. The highest BCUT2D eigenvalue weighted by Gasteiger charge is 2.18. The lowest BCUT2D eigenvalue weighted by Crippen LogP contribution is -2.08. The molecular weight excluding hydrogens is 546 g/mol. The minimum Gasteiger partial charge on any atom is -0.309 e. The van der Waals surface area contributed by atoms with E-state index in [1.54, 1.807) is 0 Å². The molecule has 3 heterocycles. The second kappa shape index (κ2) is 9.22. The number of nitrogens with zero attached hydrogens (tertiary/aromatic N) is 3. The zero-order chi connectivity index (χ0) is 29.5. The fraction of sp³-hybridized carbons (Fsp3) is 0. The van der Waals surface area contributed by atoms with Crippen LogP contribution in [0.1, 0.15) is 0 Å². The first-order valence-corrected chi connectivity index (χ1v) is 15.5. The number of benzene rings is 7. The first-order chi connectivity index (χ1) is 22.3. The van der Waals surface area contributed by atoms with Gasteiger partial charge < -0.3 is 4.57 Å². The average Bonchev–Trinajstić information content (AvgIpc) is 3.73. The predicted octanol–water partition coefficient (Wildman–Crippen LogP) is 11.0. The van der Waals surface area contributed by atoms with Crippen LogP contribution in [0.25, 0.3) is 82.2 Å². The second-order valence-corrected chi connectivity index (χ2v) is 11.8. The number of hydrogen-bond acceptors (Lipinski definition) is 0. The topological polar surface area (TPSA) is 14.8 Å². The Bertz CT molecular complexity index is 2700. The second-order valence-electron chi connectivity index (χ2n) is 11.8. The molecule has 0 N–H and O–H groups in total. The standard InChI is InChI=1S/C42H27N3/c1-2-12-30(13-3-1)43-37-18-8-4-16-33(37)35-26-28(22-24-38(35)43)29-23-25-42-36(27-29)34-17-7-11-21-41(34)45(42)44-39-19-9-5-14-31(39)32-15-6-10-20-40(32)44/h1-27H. The predicted molar refractivity (Wildman–Crippen MR) is 189 cm³/mol. The summed E-state index contributed by atoms with van der Waals surface area (Å²) in [6, 6.07) is 59.5. The van der Waals surface area contributed by atoms with Crippen molar-refractivity contribution >= 4 is 65.4 Å². The molecule has 0 atom stereocenters. The van der Waals surface area contributed by atoms with Crippen molar-refractivity contribution < 1.29 is 0 Å². The van der Waals surface area contributed by atoms with Crippen LogP contribution >= 0.6 is 0 Å². The van der Waals surface area contributed by atoms with Gasteiger partial charge in [-0.25, -0.2) is 9.35 Å². The molecule has 0 aliphatic carbocycles. The van der Waals surface area contributed by atoms with Gasteiger partial charge in [0.15, 0.2) is 0 Å². The third-order valence-electron chi connectivity index (χ3n) is 9.42. The summed E-state index contributed by atoms with van der Waals surface area (Å²) in [5.41, 5.74) is 10.8. The highest BCUT2D eigenvalue weighted by atomic mass is 15.5. The molecule has 0 amide bonds. The molecule has 3 heteroatoms. The summed E-state index contributed by atoms with van der Waals surface area (Å²) in [6.45, 7) is 0. The van der Waals surface area contributed by atoms with Crippen molar-refractivity contribution in [3.05, 3.63) is 164 Å². The Balaban J connectivity index is 1.23. The fourth-order valence-corrected chi connectivity index (χ4v) is 7.47. The van der Waals surface area contributed by atoms with Crippen LogP contribution in [0.2, 0.25) is 0 Å². The molecule has 10 rings (SSSR count). The van der Waals surface area contributed by atoms with E-state index < -0.39 is 0 Å². The minimum atomic E-state index is 1.18. The summed E-state index contributed by atoms with van der Waals surface area (Å²) in [7, 11) is 0. The van der Waals surface area contributed by atoms with Crippen molar-refractivity contribution in [3.63, 3.8) is 0 Å². The van der Waals surface area contributed by atoms with Crippen molar-refractivity contribution in [2.45, 2.75) is 0 Å². The summed E-state index contributed by atoms with van der Waals surface area (Å²) < 4.78 is 7.16. The van der Waals surface area contributed by atoms with Crippen LogP contribution < -0.4 is 0 Å². The molecule has 0 unspecified atom stereocenters. The van der Waals surface area contributed by atoms with Gasteiger partial charge in [-0.1, -0.05) is 103 Å². The van der Waals surface area contributed by atoms with Crippen molar-refractivity contribution in [3.8, 4) is 16.8 Å². The summed E-state index contributed by atoms with van der Waals surface area (Å²) in [5.74, 6) is 0. The summed E-state index contributed by atoms with van der Waals surface area (Å²) in [4.78, 5) is 0. The van der Waals surface area contributed by atoms with Gasteiger partial charge >= 0.3 is 0 Å². The SMILES string of the molecule is c1ccc(-n2c3ccccc3c3cc(-c4ccc5c(c4)c4ccccc4n5-n4c5ccccc5c5ccccc54)ccc32)cc1. The third-order valence-corrected chi connectivity index (χ3v) is 9.42. The van der Waals surface area contributed by atoms with E-state index in [1.165, 1.54) is 82.2 Å². The number of fused-ring (bicyclic) bond motifs is 9. The lowest BCUT2D eigenvalue weighted by molar-refractivity contribution is 0.775. The van der Waals surface area contributed by atoms with Gasteiger partial charge in [0.25, 0.3) is 0 Å². The molecular formula is C42H27N3. The van der Waals surface area contributed by atoms with E-state index in [-0.39, 0.29) is 0 Å². The Morgan fingerprint density at radius 1 is 0.267 bits per heavy atom. The summed E-state index contributed by atoms with van der Waals surface area (Å²) in [5, 5.41) is 7.55. The number of hydrogen-bond donors (Lipinski definition) is 0. The van der Waals surface area contributed by atoms with Crippen LogP contribution in [0.5, 0.6) is 0 Å². The van der Waals surface area contributed by atoms with Crippen LogP contribution in [0.15, 0.2) is 164 Å². The molecule has 0 bridgehead atoms. The van der Waals surface area contributed by atoms with Gasteiger partial charge in [-0.2, -0.15) is 0 Å². The maximum Gasteiger partial charge on any atom is 0.0716 e. The molecule has 0 saturated carbocycles. The van der Waals surface area contributed by atoms with Crippen LogP contribution in [0, 0.1) is 0 Å². The molecule has 10 aromatic rings. The molecule has 3 nitrogen and oxygen atoms in total. The van der Waals surface area contributed by atoms with Crippen LogP contribution in [0.4, 0.5) is 0 Å². The van der Waals surface area contributed by atoms with E-state index in [1.807, 2.05) is 0 Å². The first kappa shape index (κ1) is 24.4. The number of aromatic nitrogens is 3. The van der Waals surface area contributed by atoms with Gasteiger partial charge in [0, 0.05) is 38.0 Å². The molecule has 0 aliphatic rings. The molecule has 0 saturated heterocycles. The van der Waals surface area contributed by atoms with Gasteiger partial charge in [0.2, 0.25) is 0 Å². The maximum atomic E-state index is 2.40. The number of rotatable bonds is 3. The Morgan fingerprint density at radius 3 is 1.18 bits per heavy atom. The minimum absolute atomic E-state index is 1.18. The Hall–Kier alpha value is -6.06. The molecule has 0 radical (unpaired) electrons. The van der Waals surface area contributed by atoms with Crippen molar-refractivity contribution in [2.75, 3.05) is 0 Å². The smallest absolute Gasteiger partial charge is 0.0716 e. The van der Waals surface area contributed by atoms with Gasteiger partial charge in [0.1, 0.15) is 0 Å². The van der Waals surface area contributed by atoms with Crippen LogP contribution in [-0.2, 0) is 0 Å². The average molecular weight is 574 g/mol. The fourth-order valence-electron chi connectivity index (χ4n) is 7.47. The molecule has 0 fully saturated rings. The van der Waals surface area contributed by atoms with E-state index in [2.05, 4.69) is 178 Å². The molecule has 0 aliphatic heterocycles. The van der Waals surface area contributed by atoms with E-state index in [9.17, 15) is 0 Å². The largest absolute Gasteiger partial charge is 0.309 e. The highest BCUT2D eigenvalue weighted by Crippen LogP contribution is 2.39. The molecule has 7 aromatic carbocycles. The highest BCUT2D eigenvalue weighted by molar-refractivity contribution is 6.13. The van der Waals surface area contributed by atoms with Gasteiger partial charge in [-0.3, -0.25) is 0 Å². The zero-order valence-electron chi connectivity index (χ0n) is 24.4. The van der Waals surface area contributed by atoms with E-state index >= 15 is 0 Å². The first-order valence-electron chi connectivity index (χ1n) is 15.5. The Morgan fingerprint density at radius 2 is 0.622 bits per heavy atom. The van der Waals surface area contributed by atoms with E-state index in [0.29, 0.717) is 0 Å². The summed E-state index contributed by atoms with van der Waals surface area (Å²) >= 11 is 0. The Kier molecular flexibility index (Phi) is 5.00. The van der Waals surface area contributed by atoms with Crippen molar-refractivity contribution in [1.29, 1.82) is 0 Å². The normalized spacial score (nSPS) is 12.0. The number of para-hydroxylation sites is 5. The van der Waals surface area contributed by atoms with Crippen molar-refractivity contribution in [2.24, 2.45) is 0 Å². The van der Waals surface area contributed by atoms with E-state index in [4.69, 9.17) is 0 Å². The lowest BCUT2D eigenvalue weighted by atomic mass is 10.0. The Labute approximate surface area is 259 Å². The monoisotopic (exact) mass is 573 g/mol.